The third-order valence-corrected chi connectivity index (χ3v) is 3.17. The lowest BCUT2D eigenvalue weighted by Gasteiger charge is -2.14. The summed E-state index contributed by atoms with van der Waals surface area (Å²) in [5, 5.41) is 4.06. The molecule has 1 aliphatic heterocycles. The molecule has 1 rings (SSSR count). The molecule has 3 N–H and O–H groups in total. The van der Waals surface area contributed by atoms with E-state index in [-0.39, 0.29) is 0 Å². The Morgan fingerprint density at radius 3 is 3.09 bits per heavy atom. The summed E-state index contributed by atoms with van der Waals surface area (Å²) in [5.74, 6) is 1.25. The molecule has 1 heterocycles. The predicted octanol–water partition coefficient (Wildman–Crippen LogP) is 1.17. The maximum atomic E-state index is 5.91. The van der Waals surface area contributed by atoms with Gasteiger partial charge in [-0.2, -0.15) is 0 Å². The molecule has 0 amide bonds. The van der Waals surface area contributed by atoms with E-state index in [9.17, 15) is 0 Å². The summed E-state index contributed by atoms with van der Waals surface area (Å²) < 4.78 is 0. The number of nitrogens with two attached hydrogens (primary N) is 1. The highest BCUT2D eigenvalue weighted by atomic mass is 32.2. The average molecular weight is 174 g/mol. The lowest BCUT2D eigenvalue weighted by atomic mass is 10.1. The number of hydrogen-bond donors (Lipinski definition) is 2. The second-order valence-electron chi connectivity index (χ2n) is 3.10. The highest BCUT2D eigenvalue weighted by Crippen LogP contribution is 2.18. The molecule has 3 heteroatoms. The van der Waals surface area contributed by atoms with E-state index in [1.807, 2.05) is 11.8 Å². The zero-order valence-electron chi connectivity index (χ0n) is 7.18. The zero-order chi connectivity index (χ0) is 8.10. The van der Waals surface area contributed by atoms with Crippen LogP contribution in [0.5, 0.6) is 0 Å². The minimum atomic E-state index is 0.406. The van der Waals surface area contributed by atoms with Crippen LogP contribution in [-0.2, 0) is 0 Å². The molecule has 1 fully saturated rings. The standard InChI is InChI=1S/C8H18N2S/c1-2-3-7(9)6-8-10-4-5-11-8/h7-8,10H,2-6,9H2,1H3. The first kappa shape index (κ1) is 9.36. The van der Waals surface area contributed by atoms with Gasteiger partial charge in [-0.3, -0.25) is 0 Å². The SMILES string of the molecule is CCCC(N)CC1NCCS1. The molecule has 2 nitrogen and oxygen atoms in total. The third kappa shape index (κ3) is 3.45. The van der Waals surface area contributed by atoms with E-state index >= 15 is 0 Å². The quantitative estimate of drug-likeness (QED) is 0.672. The summed E-state index contributed by atoms with van der Waals surface area (Å²) in [4.78, 5) is 0. The molecule has 0 aromatic carbocycles. The van der Waals surface area contributed by atoms with E-state index < -0.39 is 0 Å². The second-order valence-corrected chi connectivity index (χ2v) is 4.41. The molecule has 0 saturated carbocycles. The van der Waals surface area contributed by atoms with Crippen LogP contribution in [0.15, 0.2) is 0 Å². The molecule has 2 atom stereocenters. The minimum Gasteiger partial charge on any atom is -0.328 e. The normalized spacial score (nSPS) is 27.3. The van der Waals surface area contributed by atoms with E-state index in [4.69, 9.17) is 5.73 Å². The Labute approximate surface area is 73.3 Å². The van der Waals surface area contributed by atoms with Gasteiger partial charge in [0.2, 0.25) is 0 Å². The van der Waals surface area contributed by atoms with Crippen molar-refractivity contribution >= 4 is 11.8 Å². The fourth-order valence-electron chi connectivity index (χ4n) is 1.40. The number of hydrogen-bond acceptors (Lipinski definition) is 3. The number of thioether (sulfide) groups is 1. The number of rotatable bonds is 4. The van der Waals surface area contributed by atoms with Crippen molar-refractivity contribution in [1.29, 1.82) is 0 Å². The molecule has 0 spiro atoms. The predicted molar refractivity (Wildman–Crippen MR) is 51.7 cm³/mol. The van der Waals surface area contributed by atoms with Crippen molar-refractivity contribution in [2.45, 2.75) is 37.6 Å². The molecule has 0 radical (unpaired) electrons. The Kier molecular flexibility index (Phi) is 4.26. The smallest absolute Gasteiger partial charge is 0.0547 e. The van der Waals surface area contributed by atoms with Crippen LogP contribution in [0.3, 0.4) is 0 Å². The molecule has 1 saturated heterocycles. The van der Waals surface area contributed by atoms with Crippen molar-refractivity contribution in [3.63, 3.8) is 0 Å². The van der Waals surface area contributed by atoms with E-state index in [0.29, 0.717) is 11.4 Å². The van der Waals surface area contributed by atoms with Gasteiger partial charge in [0.15, 0.2) is 0 Å². The first-order valence-corrected chi connectivity index (χ1v) is 5.48. The molecular weight excluding hydrogens is 156 g/mol. The first-order valence-electron chi connectivity index (χ1n) is 4.43. The van der Waals surface area contributed by atoms with Crippen LogP contribution in [0.2, 0.25) is 0 Å². The van der Waals surface area contributed by atoms with E-state index in [2.05, 4.69) is 12.2 Å². The van der Waals surface area contributed by atoms with Gasteiger partial charge in [-0.25, -0.2) is 0 Å². The second kappa shape index (κ2) is 5.01. The maximum Gasteiger partial charge on any atom is 0.0547 e. The van der Waals surface area contributed by atoms with Crippen LogP contribution in [0.1, 0.15) is 26.2 Å². The summed E-state index contributed by atoms with van der Waals surface area (Å²) in [6.45, 7) is 3.35. The Bertz CT molecular complexity index is 102. The van der Waals surface area contributed by atoms with E-state index in [0.717, 1.165) is 13.0 Å². The molecular formula is C8H18N2S. The van der Waals surface area contributed by atoms with Gasteiger partial charge in [0.25, 0.3) is 0 Å². The summed E-state index contributed by atoms with van der Waals surface area (Å²) in [6.07, 6.45) is 3.51. The zero-order valence-corrected chi connectivity index (χ0v) is 7.99. The van der Waals surface area contributed by atoms with Crippen LogP contribution in [0.25, 0.3) is 0 Å². The first-order chi connectivity index (χ1) is 5.33. The monoisotopic (exact) mass is 174 g/mol. The van der Waals surface area contributed by atoms with Gasteiger partial charge in [-0.1, -0.05) is 13.3 Å². The van der Waals surface area contributed by atoms with Crippen LogP contribution >= 0.6 is 11.8 Å². The maximum absolute atomic E-state index is 5.91. The summed E-state index contributed by atoms with van der Waals surface area (Å²) in [6, 6.07) is 0.406. The third-order valence-electron chi connectivity index (χ3n) is 1.97. The number of nitrogens with one attached hydrogen (secondary N) is 1. The largest absolute Gasteiger partial charge is 0.328 e. The lowest BCUT2D eigenvalue weighted by Crippen LogP contribution is -2.30. The van der Waals surface area contributed by atoms with E-state index in [1.54, 1.807) is 0 Å². The van der Waals surface area contributed by atoms with Crippen LogP contribution in [0, 0.1) is 0 Å². The molecule has 0 bridgehead atoms. The Morgan fingerprint density at radius 1 is 1.73 bits per heavy atom. The molecule has 0 aromatic rings. The summed E-state index contributed by atoms with van der Waals surface area (Å²) in [7, 11) is 0. The van der Waals surface area contributed by atoms with Gasteiger partial charge in [-0.15, -0.1) is 11.8 Å². The van der Waals surface area contributed by atoms with Crippen molar-refractivity contribution in [2.24, 2.45) is 5.73 Å². The molecule has 1 aliphatic rings. The van der Waals surface area contributed by atoms with Gasteiger partial charge in [0.05, 0.1) is 5.37 Å². The fourth-order valence-corrected chi connectivity index (χ4v) is 2.53. The van der Waals surface area contributed by atoms with Gasteiger partial charge in [-0.05, 0) is 12.8 Å². The van der Waals surface area contributed by atoms with Gasteiger partial charge in [0, 0.05) is 18.3 Å². The van der Waals surface area contributed by atoms with Crippen LogP contribution < -0.4 is 11.1 Å². The minimum absolute atomic E-state index is 0.406. The molecule has 0 aromatic heterocycles. The van der Waals surface area contributed by atoms with Gasteiger partial charge < -0.3 is 11.1 Å². The molecule has 0 aliphatic carbocycles. The highest BCUT2D eigenvalue weighted by molar-refractivity contribution is 8.00. The Balaban J connectivity index is 2.08. The van der Waals surface area contributed by atoms with Crippen molar-refractivity contribution in [3.8, 4) is 0 Å². The van der Waals surface area contributed by atoms with Crippen molar-refractivity contribution in [2.75, 3.05) is 12.3 Å². The fraction of sp³-hybridized carbons (Fsp3) is 1.00. The van der Waals surface area contributed by atoms with Crippen LogP contribution in [-0.4, -0.2) is 23.7 Å². The van der Waals surface area contributed by atoms with Crippen molar-refractivity contribution < 1.29 is 0 Å². The van der Waals surface area contributed by atoms with Crippen LogP contribution in [0.4, 0.5) is 0 Å². The van der Waals surface area contributed by atoms with E-state index in [1.165, 1.54) is 18.6 Å². The summed E-state index contributed by atoms with van der Waals surface area (Å²) >= 11 is 2.01. The molecule has 2 unspecified atom stereocenters. The lowest BCUT2D eigenvalue weighted by molar-refractivity contribution is 0.522. The highest BCUT2D eigenvalue weighted by Gasteiger charge is 2.16. The van der Waals surface area contributed by atoms with Gasteiger partial charge >= 0.3 is 0 Å². The van der Waals surface area contributed by atoms with Crippen molar-refractivity contribution in [1.82, 2.24) is 5.32 Å². The topological polar surface area (TPSA) is 38.0 Å². The molecule has 11 heavy (non-hydrogen) atoms. The summed E-state index contributed by atoms with van der Waals surface area (Å²) in [5.41, 5.74) is 5.91. The van der Waals surface area contributed by atoms with Gasteiger partial charge in [0.1, 0.15) is 0 Å². The Morgan fingerprint density at radius 2 is 2.55 bits per heavy atom. The molecule has 66 valence electrons. The average Bonchev–Trinajstić information content (AvgIpc) is 2.40. The Hall–Kier alpha value is 0.270. The van der Waals surface area contributed by atoms with Crippen molar-refractivity contribution in [3.05, 3.63) is 0 Å².